The molecule has 5 atom stereocenters. The average molecular weight is 514 g/mol. The lowest BCUT2D eigenvalue weighted by Crippen LogP contribution is -2.63. The molecule has 0 aromatic carbocycles. The Morgan fingerprint density at radius 2 is 1.26 bits per heavy atom. The molecular formula is C24H35NO9S. The van der Waals surface area contributed by atoms with Gasteiger partial charge >= 0.3 is 23.9 Å². The summed E-state index contributed by atoms with van der Waals surface area (Å²) in [5, 5.41) is 0. The van der Waals surface area contributed by atoms with Crippen molar-refractivity contribution in [1.29, 1.82) is 0 Å². The highest BCUT2D eigenvalue weighted by molar-refractivity contribution is 7.98. The van der Waals surface area contributed by atoms with Gasteiger partial charge in [0.15, 0.2) is 23.7 Å². The smallest absolute Gasteiger partial charge is 0.303 e. The lowest BCUT2D eigenvalue weighted by molar-refractivity contribution is -0.237. The number of hydrogen-bond acceptors (Lipinski definition) is 11. The third kappa shape index (κ3) is 6.29. The molecule has 4 saturated carbocycles. The minimum absolute atomic E-state index is 0.0153. The van der Waals surface area contributed by atoms with Crippen molar-refractivity contribution < 1.29 is 42.9 Å². The van der Waals surface area contributed by atoms with E-state index in [0.29, 0.717) is 0 Å². The Balaban J connectivity index is 1.57. The molecule has 0 radical (unpaired) electrons. The van der Waals surface area contributed by atoms with E-state index in [1.54, 1.807) is 0 Å². The molecule has 196 valence electrons. The van der Waals surface area contributed by atoms with Crippen molar-refractivity contribution in [3.05, 3.63) is 0 Å². The van der Waals surface area contributed by atoms with Crippen LogP contribution in [0.5, 0.6) is 0 Å². The summed E-state index contributed by atoms with van der Waals surface area (Å²) in [7, 11) is 0. The van der Waals surface area contributed by atoms with E-state index in [2.05, 4.69) is 4.72 Å². The van der Waals surface area contributed by atoms with Crippen molar-refractivity contribution in [2.75, 3.05) is 6.61 Å². The molecule has 0 unspecified atom stereocenters. The predicted molar refractivity (Wildman–Crippen MR) is 124 cm³/mol. The highest BCUT2D eigenvalue weighted by Crippen LogP contribution is 2.56. The molecule has 0 spiro atoms. The maximum Gasteiger partial charge on any atom is 0.303 e. The maximum absolute atomic E-state index is 12.0. The van der Waals surface area contributed by atoms with Crippen molar-refractivity contribution in [3.8, 4) is 0 Å². The molecule has 0 aromatic heterocycles. The number of ether oxygens (including phenoxy) is 5. The number of carbonyl (C=O) groups excluding carboxylic acids is 4. The molecule has 11 heteroatoms. The summed E-state index contributed by atoms with van der Waals surface area (Å²) < 4.78 is 31.6. The fraction of sp³-hybridized carbons (Fsp3) is 0.833. The molecule has 4 aliphatic carbocycles. The van der Waals surface area contributed by atoms with Crippen LogP contribution in [-0.2, 0) is 42.9 Å². The third-order valence-corrected chi connectivity index (χ3v) is 8.54. The highest BCUT2D eigenvalue weighted by Gasteiger charge is 2.55. The topological polar surface area (TPSA) is 126 Å². The Bertz CT molecular complexity index is 814. The average Bonchev–Trinajstić information content (AvgIpc) is 2.72. The van der Waals surface area contributed by atoms with Gasteiger partial charge in [0.2, 0.25) is 0 Å². The van der Waals surface area contributed by atoms with E-state index in [1.807, 2.05) is 0 Å². The van der Waals surface area contributed by atoms with Gasteiger partial charge in [0.1, 0.15) is 12.7 Å². The van der Waals surface area contributed by atoms with Gasteiger partial charge in [0, 0.05) is 33.2 Å². The molecule has 1 aliphatic heterocycles. The van der Waals surface area contributed by atoms with Gasteiger partial charge in [-0.1, -0.05) is 0 Å². The van der Waals surface area contributed by atoms with Crippen LogP contribution in [0.3, 0.4) is 0 Å². The molecule has 4 bridgehead atoms. The van der Waals surface area contributed by atoms with Gasteiger partial charge in [-0.3, -0.25) is 23.9 Å². The fourth-order valence-electron chi connectivity index (χ4n) is 6.70. The summed E-state index contributed by atoms with van der Waals surface area (Å²) >= 11 is 1.30. The predicted octanol–water partition coefficient (Wildman–Crippen LogP) is 2.28. The van der Waals surface area contributed by atoms with Crippen molar-refractivity contribution in [3.63, 3.8) is 0 Å². The first-order valence-electron chi connectivity index (χ1n) is 12.3. The minimum atomic E-state index is -1.13. The van der Waals surface area contributed by atoms with Crippen LogP contribution in [0.15, 0.2) is 0 Å². The van der Waals surface area contributed by atoms with Crippen LogP contribution < -0.4 is 4.72 Å². The van der Waals surface area contributed by atoms with Crippen molar-refractivity contribution >= 4 is 35.8 Å². The molecular weight excluding hydrogens is 478 g/mol. The largest absolute Gasteiger partial charge is 0.463 e. The van der Waals surface area contributed by atoms with Crippen molar-refractivity contribution in [1.82, 2.24) is 4.72 Å². The number of esters is 4. The number of nitrogens with one attached hydrogen (secondary N) is 1. The van der Waals surface area contributed by atoms with Gasteiger partial charge in [-0.25, -0.2) is 0 Å². The Hall–Kier alpha value is -1.85. The van der Waals surface area contributed by atoms with E-state index in [-0.39, 0.29) is 12.1 Å². The lowest BCUT2D eigenvalue weighted by atomic mass is 9.53. The SMILES string of the molecule is CC(=O)OC[C@H]1O[C@@H](SNC23CC4CC(CC(C4)C2)C3)[C@H](OC(C)=O)[C@@H](OC(C)=O)[C@@H]1OC(C)=O. The Morgan fingerprint density at radius 1 is 0.771 bits per heavy atom. The molecule has 0 aromatic rings. The Morgan fingerprint density at radius 3 is 1.74 bits per heavy atom. The second-order valence-corrected chi connectivity index (χ2v) is 11.4. The van der Waals surface area contributed by atoms with Crippen LogP contribution in [0.4, 0.5) is 0 Å². The zero-order chi connectivity index (χ0) is 25.3. The van der Waals surface area contributed by atoms with Crippen molar-refractivity contribution in [2.24, 2.45) is 17.8 Å². The minimum Gasteiger partial charge on any atom is -0.463 e. The monoisotopic (exact) mass is 513 g/mol. The van der Waals surface area contributed by atoms with Gasteiger partial charge in [-0.15, -0.1) is 0 Å². The molecule has 5 fully saturated rings. The van der Waals surface area contributed by atoms with Crippen molar-refractivity contribution in [2.45, 2.75) is 102 Å². The van der Waals surface area contributed by atoms with Crippen LogP contribution in [0.2, 0.25) is 0 Å². The van der Waals surface area contributed by atoms with Crippen LogP contribution in [-0.4, -0.2) is 65.9 Å². The first kappa shape index (κ1) is 26.2. The summed E-state index contributed by atoms with van der Waals surface area (Å²) in [4.78, 5) is 47.4. The molecule has 1 N–H and O–H groups in total. The molecule has 5 aliphatic rings. The van der Waals surface area contributed by atoms with E-state index in [1.165, 1.54) is 58.9 Å². The molecule has 5 rings (SSSR count). The Kier molecular flexibility index (Phi) is 7.97. The summed E-state index contributed by atoms with van der Waals surface area (Å²) in [6.45, 7) is 4.73. The van der Waals surface area contributed by atoms with E-state index in [9.17, 15) is 19.2 Å². The lowest BCUT2D eigenvalue weighted by Gasteiger charge is -2.57. The summed E-state index contributed by atoms with van der Waals surface area (Å²) in [6.07, 6.45) is 2.95. The second-order valence-electron chi connectivity index (χ2n) is 10.5. The summed E-state index contributed by atoms with van der Waals surface area (Å²) in [6, 6.07) is 0. The molecule has 0 amide bonds. The zero-order valence-electron chi connectivity index (χ0n) is 20.7. The van der Waals surface area contributed by atoms with Gasteiger partial charge in [0.05, 0.1) is 0 Å². The van der Waals surface area contributed by atoms with E-state index >= 15 is 0 Å². The summed E-state index contributed by atoms with van der Waals surface area (Å²) in [5.41, 5.74) is -0.804. The first-order valence-corrected chi connectivity index (χ1v) is 13.1. The third-order valence-electron chi connectivity index (χ3n) is 7.38. The van der Waals surface area contributed by atoms with Crippen LogP contribution in [0.25, 0.3) is 0 Å². The normalized spacial score (nSPS) is 39.5. The van der Waals surface area contributed by atoms with E-state index in [4.69, 9.17) is 23.7 Å². The number of hydrogen-bond donors (Lipinski definition) is 1. The number of rotatable bonds is 8. The standard InChI is InChI=1S/C24H35NO9S/c1-12(26)30-11-19-20(31-13(2)27)21(32-14(3)28)22(33-15(4)29)23(34-19)35-25-24-8-16-5-17(9-24)7-18(6-16)10-24/h16-23,25H,5-11H2,1-4H3/t16?,17?,18?,19-,20-,21+,22-,23+,24?/m1/s1. The maximum atomic E-state index is 12.0. The van der Waals surface area contributed by atoms with Gasteiger partial charge < -0.3 is 23.7 Å². The summed E-state index contributed by atoms with van der Waals surface area (Å²) in [5.74, 6) is -0.203. The van der Waals surface area contributed by atoms with Crippen LogP contribution >= 0.6 is 11.9 Å². The molecule has 35 heavy (non-hydrogen) atoms. The molecule has 1 saturated heterocycles. The Labute approximate surface area is 209 Å². The highest BCUT2D eigenvalue weighted by atomic mass is 32.2. The fourth-order valence-corrected chi connectivity index (χ4v) is 7.86. The second kappa shape index (κ2) is 10.6. The quantitative estimate of drug-likeness (QED) is 0.292. The first-order chi connectivity index (χ1) is 16.5. The van der Waals surface area contributed by atoms with Gasteiger partial charge in [0.25, 0.3) is 0 Å². The molecule has 10 nitrogen and oxygen atoms in total. The zero-order valence-corrected chi connectivity index (χ0v) is 21.5. The van der Waals surface area contributed by atoms with E-state index < -0.39 is 53.7 Å². The molecule has 1 heterocycles. The van der Waals surface area contributed by atoms with Crippen LogP contribution in [0.1, 0.15) is 66.2 Å². The van der Waals surface area contributed by atoms with Crippen LogP contribution in [0, 0.1) is 17.8 Å². The van der Waals surface area contributed by atoms with Gasteiger partial charge in [-0.05, 0) is 68.2 Å². The van der Waals surface area contributed by atoms with Gasteiger partial charge in [-0.2, -0.15) is 0 Å². The number of carbonyl (C=O) groups is 4. The van der Waals surface area contributed by atoms with E-state index in [0.717, 1.165) is 37.0 Å².